The Morgan fingerprint density at radius 2 is 1.97 bits per heavy atom. The number of carbonyl (C=O) groups is 3. The van der Waals surface area contributed by atoms with Crippen molar-refractivity contribution in [2.45, 2.75) is 71.4 Å². The van der Waals surface area contributed by atoms with Gasteiger partial charge in [0.05, 0.1) is 0 Å². The Morgan fingerprint density at radius 1 is 1.31 bits per heavy atom. The average molecular weight is 406 g/mol. The SMILES string of the molecule is C=C1C(=O)OC2CC3(C)C(CC12)C(=C)C(O)C(OC(=O)CC(C)C)C3OC(C)=O. The van der Waals surface area contributed by atoms with Gasteiger partial charge in [0.2, 0.25) is 0 Å². The van der Waals surface area contributed by atoms with Crippen LogP contribution in [0, 0.1) is 23.2 Å². The Labute approximate surface area is 171 Å². The van der Waals surface area contributed by atoms with Crippen molar-refractivity contribution >= 4 is 17.9 Å². The lowest BCUT2D eigenvalue weighted by Crippen LogP contribution is -2.63. The minimum Gasteiger partial charge on any atom is -0.458 e. The Balaban J connectivity index is 1.96. The number of hydrogen-bond donors (Lipinski definition) is 1. The number of ether oxygens (including phenoxy) is 3. The number of fused-ring (bicyclic) bond motifs is 2. The molecular weight excluding hydrogens is 376 g/mol. The highest BCUT2D eigenvalue weighted by atomic mass is 16.6. The van der Waals surface area contributed by atoms with E-state index in [0.29, 0.717) is 24.0 Å². The molecule has 7 heteroatoms. The van der Waals surface area contributed by atoms with E-state index < -0.39 is 41.6 Å². The lowest BCUT2D eigenvalue weighted by atomic mass is 9.53. The predicted octanol–water partition coefficient (Wildman–Crippen LogP) is 2.32. The Bertz CT molecular complexity index is 754. The van der Waals surface area contributed by atoms with E-state index in [1.54, 1.807) is 0 Å². The summed E-state index contributed by atoms with van der Waals surface area (Å²) in [5.41, 5.74) is 0.231. The molecule has 0 aromatic carbocycles. The van der Waals surface area contributed by atoms with E-state index in [0.717, 1.165) is 0 Å². The van der Waals surface area contributed by atoms with Crippen LogP contribution in [0.4, 0.5) is 0 Å². The van der Waals surface area contributed by atoms with Crippen molar-refractivity contribution in [2.24, 2.45) is 23.2 Å². The first-order valence-corrected chi connectivity index (χ1v) is 10.1. The topological polar surface area (TPSA) is 99.1 Å². The van der Waals surface area contributed by atoms with Crippen molar-refractivity contribution in [1.82, 2.24) is 0 Å². The summed E-state index contributed by atoms with van der Waals surface area (Å²) in [5.74, 6) is -1.74. The van der Waals surface area contributed by atoms with E-state index in [2.05, 4.69) is 13.2 Å². The van der Waals surface area contributed by atoms with Crippen LogP contribution in [0.25, 0.3) is 0 Å². The van der Waals surface area contributed by atoms with Gasteiger partial charge < -0.3 is 19.3 Å². The fourth-order valence-electron chi connectivity index (χ4n) is 5.14. The molecule has 0 aromatic rings. The molecule has 0 amide bonds. The van der Waals surface area contributed by atoms with Crippen LogP contribution in [-0.4, -0.2) is 47.4 Å². The van der Waals surface area contributed by atoms with Crippen molar-refractivity contribution in [3.63, 3.8) is 0 Å². The fraction of sp³-hybridized carbons (Fsp3) is 0.682. The molecule has 1 aliphatic heterocycles. The van der Waals surface area contributed by atoms with E-state index in [9.17, 15) is 19.5 Å². The molecule has 1 heterocycles. The number of aliphatic hydroxyl groups is 1. The van der Waals surface area contributed by atoms with Crippen molar-refractivity contribution in [3.05, 3.63) is 24.3 Å². The molecule has 3 aliphatic rings. The van der Waals surface area contributed by atoms with Crippen molar-refractivity contribution in [3.8, 4) is 0 Å². The maximum Gasteiger partial charge on any atom is 0.334 e. The highest BCUT2D eigenvalue weighted by molar-refractivity contribution is 5.90. The van der Waals surface area contributed by atoms with E-state index in [1.807, 2.05) is 20.8 Å². The minimum atomic E-state index is -1.17. The zero-order chi connectivity index (χ0) is 21.7. The van der Waals surface area contributed by atoms with E-state index >= 15 is 0 Å². The number of rotatable bonds is 4. The molecule has 1 N–H and O–H groups in total. The zero-order valence-corrected chi connectivity index (χ0v) is 17.5. The fourth-order valence-corrected chi connectivity index (χ4v) is 5.14. The summed E-state index contributed by atoms with van der Waals surface area (Å²) in [4.78, 5) is 36.3. The van der Waals surface area contributed by atoms with Crippen molar-refractivity contribution in [1.29, 1.82) is 0 Å². The maximum absolute atomic E-state index is 12.4. The highest BCUT2D eigenvalue weighted by Crippen LogP contribution is 2.58. The van der Waals surface area contributed by atoms with Crippen molar-refractivity contribution < 1.29 is 33.7 Å². The summed E-state index contributed by atoms with van der Waals surface area (Å²) >= 11 is 0. The van der Waals surface area contributed by atoms with Crippen LogP contribution in [0.15, 0.2) is 24.3 Å². The number of aliphatic hydroxyl groups excluding tert-OH is 1. The van der Waals surface area contributed by atoms with Crippen LogP contribution >= 0.6 is 0 Å². The van der Waals surface area contributed by atoms with Crippen LogP contribution in [0.1, 0.15) is 47.0 Å². The second kappa shape index (κ2) is 7.59. The summed E-state index contributed by atoms with van der Waals surface area (Å²) < 4.78 is 16.7. The first kappa shape index (κ1) is 21.6. The van der Waals surface area contributed by atoms with Crippen LogP contribution in [-0.2, 0) is 28.6 Å². The first-order chi connectivity index (χ1) is 13.5. The zero-order valence-electron chi connectivity index (χ0n) is 17.5. The summed E-state index contributed by atoms with van der Waals surface area (Å²) in [6, 6.07) is 0. The molecule has 3 fully saturated rings. The molecule has 3 rings (SSSR count). The van der Waals surface area contributed by atoms with Gasteiger partial charge in [0, 0.05) is 30.3 Å². The summed E-state index contributed by atoms with van der Waals surface area (Å²) in [7, 11) is 0. The minimum absolute atomic E-state index is 0.0845. The largest absolute Gasteiger partial charge is 0.458 e. The molecule has 2 saturated carbocycles. The maximum atomic E-state index is 12.4. The van der Waals surface area contributed by atoms with Gasteiger partial charge >= 0.3 is 17.9 Å². The summed E-state index contributed by atoms with van der Waals surface area (Å²) in [6.45, 7) is 14.9. The highest BCUT2D eigenvalue weighted by Gasteiger charge is 2.62. The Hall–Kier alpha value is -2.15. The molecule has 29 heavy (non-hydrogen) atoms. The van der Waals surface area contributed by atoms with Gasteiger partial charge in [0.15, 0.2) is 6.10 Å². The van der Waals surface area contributed by atoms with Gasteiger partial charge in [-0.2, -0.15) is 0 Å². The van der Waals surface area contributed by atoms with E-state index in [1.165, 1.54) is 6.92 Å². The van der Waals surface area contributed by atoms with Gasteiger partial charge in [-0.1, -0.05) is 33.9 Å². The lowest BCUT2D eigenvalue weighted by Gasteiger charge is -2.56. The van der Waals surface area contributed by atoms with Gasteiger partial charge in [-0.15, -0.1) is 0 Å². The summed E-state index contributed by atoms with van der Waals surface area (Å²) in [6.07, 6.45) is -2.40. The third-order valence-corrected chi connectivity index (χ3v) is 6.57. The van der Waals surface area contributed by atoms with Gasteiger partial charge in [0.1, 0.15) is 18.3 Å². The van der Waals surface area contributed by atoms with Gasteiger partial charge in [-0.05, 0) is 30.3 Å². The molecule has 160 valence electrons. The molecule has 0 radical (unpaired) electrons. The summed E-state index contributed by atoms with van der Waals surface area (Å²) in [5, 5.41) is 10.9. The van der Waals surface area contributed by atoms with Crippen molar-refractivity contribution in [2.75, 3.05) is 0 Å². The second-order valence-corrected chi connectivity index (χ2v) is 9.18. The van der Waals surface area contributed by atoms with Crippen LogP contribution in [0.2, 0.25) is 0 Å². The first-order valence-electron chi connectivity index (χ1n) is 10.1. The number of hydrogen-bond acceptors (Lipinski definition) is 7. The number of carbonyl (C=O) groups excluding carboxylic acids is 3. The standard InChI is InChI=1S/C22H30O7/c1-10(2)7-17(24)29-19-18(25)12(4)15-8-14-11(3)21(26)28-16(14)9-22(15,6)20(19)27-13(5)23/h10,14-16,18-20,25H,3-4,7-9H2,1-2,5-6H3. The van der Waals surface area contributed by atoms with Gasteiger partial charge in [0.25, 0.3) is 0 Å². The van der Waals surface area contributed by atoms with Gasteiger partial charge in [-0.25, -0.2) is 4.79 Å². The molecule has 0 spiro atoms. The molecule has 0 bridgehead atoms. The smallest absolute Gasteiger partial charge is 0.334 e. The third kappa shape index (κ3) is 3.72. The molecule has 7 unspecified atom stereocenters. The third-order valence-electron chi connectivity index (χ3n) is 6.57. The van der Waals surface area contributed by atoms with E-state index in [-0.39, 0.29) is 30.3 Å². The Morgan fingerprint density at radius 3 is 2.55 bits per heavy atom. The normalized spacial score (nSPS) is 38.9. The lowest BCUT2D eigenvalue weighted by molar-refractivity contribution is -0.211. The Kier molecular flexibility index (Phi) is 5.64. The van der Waals surface area contributed by atoms with E-state index in [4.69, 9.17) is 14.2 Å². The average Bonchev–Trinajstić information content (AvgIpc) is 2.87. The van der Waals surface area contributed by atoms with Crippen LogP contribution < -0.4 is 0 Å². The molecule has 7 nitrogen and oxygen atoms in total. The molecule has 1 saturated heterocycles. The van der Waals surface area contributed by atoms with Gasteiger partial charge in [-0.3, -0.25) is 9.59 Å². The molecule has 0 aromatic heterocycles. The predicted molar refractivity (Wildman–Crippen MR) is 103 cm³/mol. The molecule has 2 aliphatic carbocycles. The van der Waals surface area contributed by atoms with Crippen LogP contribution in [0.3, 0.4) is 0 Å². The quantitative estimate of drug-likeness (QED) is 0.331. The second-order valence-electron chi connectivity index (χ2n) is 9.18. The van der Waals surface area contributed by atoms with Crippen LogP contribution in [0.5, 0.6) is 0 Å². The number of esters is 3. The monoisotopic (exact) mass is 406 g/mol. The molecular formula is C22H30O7. The molecule has 7 atom stereocenters.